The van der Waals surface area contributed by atoms with E-state index in [1.807, 2.05) is 23.9 Å². The van der Waals surface area contributed by atoms with Crippen LogP contribution in [0.4, 0.5) is 0 Å². The van der Waals surface area contributed by atoms with Gasteiger partial charge in [-0.2, -0.15) is 11.8 Å². The maximum absolute atomic E-state index is 10.3. The Morgan fingerprint density at radius 2 is 1.50 bits per heavy atom. The van der Waals surface area contributed by atoms with Gasteiger partial charge < -0.3 is 5.11 Å². The molecule has 0 spiro atoms. The second kappa shape index (κ2) is 18.4. The van der Waals surface area contributed by atoms with Gasteiger partial charge >= 0.3 is 5.97 Å². The van der Waals surface area contributed by atoms with Crippen molar-refractivity contribution in [1.29, 1.82) is 0 Å². The first kappa shape index (κ1) is 21.3. The second-order valence-corrected chi connectivity index (χ2v) is 6.96. The van der Waals surface area contributed by atoms with Gasteiger partial charge in [0.15, 0.2) is 0 Å². The largest absolute Gasteiger partial charge is 0.481 e. The van der Waals surface area contributed by atoms with E-state index in [0.717, 1.165) is 12.2 Å². The highest BCUT2D eigenvalue weighted by molar-refractivity contribution is 7.99. The lowest BCUT2D eigenvalue weighted by molar-refractivity contribution is -0.136. The Morgan fingerprint density at radius 3 is 2.14 bits per heavy atom. The van der Waals surface area contributed by atoms with Crippen LogP contribution in [0.25, 0.3) is 0 Å². The van der Waals surface area contributed by atoms with Crippen LogP contribution in [0.2, 0.25) is 0 Å². The summed E-state index contributed by atoms with van der Waals surface area (Å²) in [5.74, 6) is 1.68. The van der Waals surface area contributed by atoms with Crippen LogP contribution < -0.4 is 0 Å². The molecule has 128 valence electrons. The number of carboxylic acid groups (broad SMARTS) is 1. The summed E-state index contributed by atoms with van der Waals surface area (Å²) in [5, 5.41) is 8.48. The monoisotopic (exact) mass is 326 g/mol. The molecule has 0 aromatic carbocycles. The number of thioether (sulfide) groups is 1. The van der Waals surface area contributed by atoms with Gasteiger partial charge in [0.2, 0.25) is 0 Å². The highest BCUT2D eigenvalue weighted by Gasteiger charge is 1.93. The SMILES string of the molecule is CCCCCCCCCCCSCCC=C=CCCC(=O)O. The van der Waals surface area contributed by atoms with E-state index < -0.39 is 5.97 Å². The molecule has 0 unspecified atom stereocenters. The number of hydrogen-bond acceptors (Lipinski definition) is 2. The van der Waals surface area contributed by atoms with E-state index in [9.17, 15) is 4.79 Å². The molecule has 0 aromatic rings. The van der Waals surface area contributed by atoms with Gasteiger partial charge in [0.1, 0.15) is 0 Å². The Hall–Kier alpha value is -0.660. The van der Waals surface area contributed by atoms with Crippen LogP contribution in [-0.2, 0) is 4.79 Å². The Morgan fingerprint density at radius 1 is 0.909 bits per heavy atom. The Balaban J connectivity index is 3.14. The first-order valence-electron chi connectivity index (χ1n) is 8.96. The lowest BCUT2D eigenvalue weighted by Gasteiger charge is -2.02. The summed E-state index contributed by atoms with van der Waals surface area (Å²) in [4.78, 5) is 10.3. The third-order valence-corrected chi connectivity index (χ3v) is 4.64. The third kappa shape index (κ3) is 19.3. The highest BCUT2D eigenvalue weighted by atomic mass is 32.2. The van der Waals surface area contributed by atoms with Crippen molar-refractivity contribution < 1.29 is 9.90 Å². The van der Waals surface area contributed by atoms with Gasteiger partial charge in [0.25, 0.3) is 0 Å². The molecule has 0 atom stereocenters. The van der Waals surface area contributed by atoms with Crippen molar-refractivity contribution in [2.75, 3.05) is 11.5 Å². The Kier molecular flexibility index (Phi) is 17.8. The molecule has 0 saturated heterocycles. The van der Waals surface area contributed by atoms with Gasteiger partial charge in [-0.15, -0.1) is 5.73 Å². The average Bonchev–Trinajstić information content (AvgIpc) is 2.50. The molecule has 0 fully saturated rings. The number of rotatable bonds is 16. The average molecular weight is 327 g/mol. The first-order valence-corrected chi connectivity index (χ1v) is 10.1. The third-order valence-electron chi connectivity index (χ3n) is 3.54. The zero-order valence-corrected chi connectivity index (χ0v) is 15.1. The fourth-order valence-corrected chi connectivity index (χ4v) is 3.10. The van der Waals surface area contributed by atoms with Crippen LogP contribution in [0, 0.1) is 0 Å². The van der Waals surface area contributed by atoms with Crippen LogP contribution in [-0.4, -0.2) is 22.6 Å². The number of carbonyl (C=O) groups is 1. The topological polar surface area (TPSA) is 37.3 Å². The Bertz CT molecular complexity index is 307. The molecular formula is C19H34O2S. The van der Waals surface area contributed by atoms with Crippen molar-refractivity contribution in [1.82, 2.24) is 0 Å². The summed E-state index contributed by atoms with van der Waals surface area (Å²) in [6.07, 6.45) is 18.2. The minimum atomic E-state index is -0.741. The van der Waals surface area contributed by atoms with E-state index in [2.05, 4.69) is 12.7 Å². The van der Waals surface area contributed by atoms with E-state index in [4.69, 9.17) is 5.11 Å². The van der Waals surface area contributed by atoms with Crippen molar-refractivity contribution in [3.8, 4) is 0 Å². The van der Waals surface area contributed by atoms with Crippen LogP contribution in [0.1, 0.15) is 84.0 Å². The minimum absolute atomic E-state index is 0.203. The fourth-order valence-electron chi connectivity index (χ4n) is 2.20. The predicted molar refractivity (Wildman–Crippen MR) is 98.7 cm³/mol. The van der Waals surface area contributed by atoms with Gasteiger partial charge in [0.05, 0.1) is 0 Å². The molecule has 0 bridgehead atoms. The molecule has 0 radical (unpaired) electrons. The maximum Gasteiger partial charge on any atom is 0.303 e. The Labute approximate surface area is 141 Å². The number of aliphatic carboxylic acids is 1. The molecule has 0 aliphatic carbocycles. The zero-order chi connectivity index (χ0) is 16.3. The molecular weight excluding hydrogens is 292 g/mol. The van der Waals surface area contributed by atoms with E-state index in [-0.39, 0.29) is 6.42 Å². The zero-order valence-electron chi connectivity index (χ0n) is 14.3. The highest BCUT2D eigenvalue weighted by Crippen LogP contribution is 2.12. The molecule has 0 aliphatic heterocycles. The van der Waals surface area contributed by atoms with E-state index in [1.54, 1.807) is 0 Å². The maximum atomic E-state index is 10.3. The molecule has 22 heavy (non-hydrogen) atoms. The lowest BCUT2D eigenvalue weighted by Crippen LogP contribution is -1.91. The molecule has 2 nitrogen and oxygen atoms in total. The molecule has 3 heteroatoms. The van der Waals surface area contributed by atoms with Crippen molar-refractivity contribution in [3.05, 3.63) is 17.9 Å². The van der Waals surface area contributed by atoms with Gasteiger partial charge in [-0.3, -0.25) is 4.79 Å². The van der Waals surface area contributed by atoms with Gasteiger partial charge in [0, 0.05) is 6.42 Å². The summed E-state index contributed by atoms with van der Waals surface area (Å²) >= 11 is 2.02. The molecule has 0 aliphatic rings. The molecule has 0 amide bonds. The van der Waals surface area contributed by atoms with Crippen molar-refractivity contribution in [2.24, 2.45) is 0 Å². The first-order chi connectivity index (χ1) is 10.8. The summed E-state index contributed by atoms with van der Waals surface area (Å²) < 4.78 is 0. The number of hydrogen-bond donors (Lipinski definition) is 1. The quantitative estimate of drug-likeness (QED) is 0.270. The molecule has 0 heterocycles. The fraction of sp³-hybridized carbons (Fsp3) is 0.789. The lowest BCUT2D eigenvalue weighted by atomic mass is 10.1. The van der Waals surface area contributed by atoms with E-state index in [0.29, 0.717) is 6.42 Å². The summed E-state index contributed by atoms with van der Waals surface area (Å²) in [7, 11) is 0. The number of allylic oxidation sites excluding steroid dienone is 1. The van der Waals surface area contributed by atoms with Gasteiger partial charge in [-0.05, 0) is 42.9 Å². The molecule has 0 rings (SSSR count). The number of carboxylic acids is 1. The standard InChI is InChI=1S/C19H34O2S/c1-2-3-4-5-6-7-8-11-14-17-22-18-15-12-9-10-13-16-19(20)21/h10,12H,2-8,11,13-18H2,1H3,(H,20,21). The molecule has 0 saturated carbocycles. The van der Waals surface area contributed by atoms with Crippen LogP contribution in [0.5, 0.6) is 0 Å². The van der Waals surface area contributed by atoms with Crippen molar-refractivity contribution in [3.63, 3.8) is 0 Å². The minimum Gasteiger partial charge on any atom is -0.481 e. The summed E-state index contributed by atoms with van der Waals surface area (Å²) in [5.41, 5.74) is 3.05. The number of unbranched alkanes of at least 4 members (excludes halogenated alkanes) is 8. The predicted octanol–water partition coefficient (Wildman–Crippen LogP) is 6.22. The normalized spacial score (nSPS) is 10.2. The van der Waals surface area contributed by atoms with E-state index in [1.165, 1.54) is 63.5 Å². The van der Waals surface area contributed by atoms with Gasteiger partial charge in [-0.1, -0.05) is 58.3 Å². The summed E-state index contributed by atoms with van der Waals surface area (Å²) in [6.45, 7) is 2.27. The molecule has 0 aromatic heterocycles. The van der Waals surface area contributed by atoms with Crippen LogP contribution in [0.15, 0.2) is 17.9 Å². The van der Waals surface area contributed by atoms with Crippen LogP contribution in [0.3, 0.4) is 0 Å². The smallest absolute Gasteiger partial charge is 0.303 e. The van der Waals surface area contributed by atoms with Gasteiger partial charge in [-0.25, -0.2) is 0 Å². The van der Waals surface area contributed by atoms with Crippen LogP contribution >= 0.6 is 11.8 Å². The summed E-state index contributed by atoms with van der Waals surface area (Å²) in [6, 6.07) is 0. The second-order valence-electron chi connectivity index (χ2n) is 5.74. The van der Waals surface area contributed by atoms with E-state index >= 15 is 0 Å². The van der Waals surface area contributed by atoms with Crippen molar-refractivity contribution >= 4 is 17.7 Å². The molecule has 1 N–H and O–H groups in total. The van der Waals surface area contributed by atoms with Crippen molar-refractivity contribution in [2.45, 2.75) is 84.0 Å².